The Morgan fingerprint density at radius 3 is 2.58 bits per heavy atom. The normalized spacial score (nSPS) is 11.8. The number of allylic oxidation sites excluding steroid dienone is 4. The van der Waals surface area contributed by atoms with Crippen LogP contribution in [-0.2, 0) is 9.53 Å². The van der Waals surface area contributed by atoms with Crippen molar-refractivity contribution >= 4 is 17.6 Å². The van der Waals surface area contributed by atoms with E-state index in [0.717, 1.165) is 0 Å². The molecule has 12 heavy (non-hydrogen) atoms. The number of esters is 1. The van der Waals surface area contributed by atoms with Crippen molar-refractivity contribution in [1.82, 2.24) is 0 Å². The monoisotopic (exact) mass is 186 g/mol. The van der Waals surface area contributed by atoms with Crippen molar-refractivity contribution < 1.29 is 9.53 Å². The van der Waals surface area contributed by atoms with Crippen LogP contribution in [0.25, 0.3) is 0 Å². The molecule has 0 aromatic rings. The van der Waals surface area contributed by atoms with Crippen LogP contribution in [0.5, 0.6) is 0 Å². The fourth-order valence-corrected chi connectivity index (χ4v) is 0.579. The van der Waals surface area contributed by atoms with Crippen molar-refractivity contribution in [3.05, 3.63) is 35.9 Å². The van der Waals surface area contributed by atoms with Crippen molar-refractivity contribution in [3.8, 4) is 0 Å². The number of carbonyl (C=O) groups is 1. The molecule has 0 aliphatic heterocycles. The van der Waals surface area contributed by atoms with Crippen LogP contribution in [0.15, 0.2) is 35.9 Å². The Labute approximate surface area is 77.2 Å². The third-order valence-electron chi connectivity index (χ3n) is 0.925. The van der Waals surface area contributed by atoms with Gasteiger partial charge >= 0.3 is 5.97 Å². The Morgan fingerprint density at radius 1 is 1.33 bits per heavy atom. The summed E-state index contributed by atoms with van der Waals surface area (Å²) in [6, 6.07) is 0. The van der Waals surface area contributed by atoms with Gasteiger partial charge in [0.15, 0.2) is 0 Å². The Kier molecular flexibility index (Phi) is 7.39. The fraction of sp³-hybridized carbons (Fsp3) is 0.222. The Balaban J connectivity index is 3.67. The Morgan fingerprint density at radius 2 is 2.00 bits per heavy atom. The van der Waals surface area contributed by atoms with Crippen molar-refractivity contribution in [2.24, 2.45) is 0 Å². The number of halogens is 1. The maximum atomic E-state index is 10.7. The zero-order valence-electron chi connectivity index (χ0n) is 6.87. The molecule has 0 fully saturated rings. The summed E-state index contributed by atoms with van der Waals surface area (Å²) in [4.78, 5) is 10.7. The summed E-state index contributed by atoms with van der Waals surface area (Å²) in [7, 11) is 0. The minimum absolute atomic E-state index is 0.336. The van der Waals surface area contributed by atoms with Gasteiger partial charge in [0, 0.05) is 11.6 Å². The summed E-state index contributed by atoms with van der Waals surface area (Å²) in [5, 5.41) is 0. The first-order valence-electron chi connectivity index (χ1n) is 3.58. The van der Waals surface area contributed by atoms with E-state index in [1.165, 1.54) is 11.6 Å². The lowest BCUT2D eigenvalue weighted by molar-refractivity contribution is -0.137. The van der Waals surface area contributed by atoms with Crippen molar-refractivity contribution in [1.29, 1.82) is 0 Å². The highest BCUT2D eigenvalue weighted by atomic mass is 35.5. The molecule has 0 aromatic carbocycles. The summed E-state index contributed by atoms with van der Waals surface area (Å²) in [5.41, 5.74) is 1.38. The highest BCUT2D eigenvalue weighted by Crippen LogP contribution is 1.85. The second-order valence-corrected chi connectivity index (χ2v) is 2.07. The summed E-state index contributed by atoms with van der Waals surface area (Å²) < 4.78 is 4.64. The van der Waals surface area contributed by atoms with Gasteiger partial charge in [-0.05, 0) is 6.92 Å². The molecule has 0 saturated heterocycles. The number of ether oxygens (including phenoxy) is 1. The molecule has 0 aliphatic carbocycles. The van der Waals surface area contributed by atoms with Crippen LogP contribution in [0.2, 0.25) is 0 Å². The van der Waals surface area contributed by atoms with Crippen molar-refractivity contribution in [2.45, 2.75) is 6.92 Å². The number of hydrogen-bond acceptors (Lipinski definition) is 2. The van der Waals surface area contributed by atoms with E-state index in [9.17, 15) is 4.79 Å². The summed E-state index contributed by atoms with van der Waals surface area (Å²) in [6.07, 6.45) is 7.99. The van der Waals surface area contributed by atoms with Gasteiger partial charge in [0.2, 0.25) is 0 Å². The molecular formula is C9H11ClO2. The smallest absolute Gasteiger partial charge is 0.330 e. The number of carbonyl (C=O) groups excluding carboxylic acids is 1. The van der Waals surface area contributed by atoms with E-state index in [1.54, 1.807) is 31.2 Å². The van der Waals surface area contributed by atoms with Gasteiger partial charge in [-0.1, -0.05) is 35.9 Å². The first kappa shape index (κ1) is 11.0. The van der Waals surface area contributed by atoms with E-state index in [0.29, 0.717) is 6.61 Å². The molecule has 0 rings (SSSR count). The molecule has 0 unspecified atom stereocenters. The van der Waals surface area contributed by atoms with Crippen molar-refractivity contribution in [2.75, 3.05) is 6.61 Å². The fourth-order valence-electron chi connectivity index (χ4n) is 0.495. The molecule has 0 bridgehead atoms. The van der Waals surface area contributed by atoms with E-state index >= 15 is 0 Å². The Bertz CT molecular complexity index is 205. The molecule has 2 nitrogen and oxygen atoms in total. The molecule has 0 radical (unpaired) electrons. The highest BCUT2D eigenvalue weighted by molar-refractivity contribution is 6.25. The predicted molar refractivity (Wildman–Crippen MR) is 49.9 cm³/mol. The predicted octanol–water partition coefficient (Wildman–Crippen LogP) is 2.41. The zero-order valence-corrected chi connectivity index (χ0v) is 7.62. The molecular weight excluding hydrogens is 176 g/mol. The lowest BCUT2D eigenvalue weighted by atomic mass is 10.4. The van der Waals surface area contributed by atoms with E-state index in [2.05, 4.69) is 4.74 Å². The molecule has 66 valence electrons. The van der Waals surface area contributed by atoms with Gasteiger partial charge in [-0.15, -0.1) is 0 Å². The molecule has 0 saturated carbocycles. The maximum absolute atomic E-state index is 10.7. The van der Waals surface area contributed by atoms with E-state index < -0.39 is 0 Å². The van der Waals surface area contributed by atoms with Crippen LogP contribution in [0.3, 0.4) is 0 Å². The second kappa shape index (κ2) is 8.08. The van der Waals surface area contributed by atoms with Crippen LogP contribution in [0.1, 0.15) is 6.92 Å². The van der Waals surface area contributed by atoms with Crippen LogP contribution in [-0.4, -0.2) is 12.6 Å². The van der Waals surface area contributed by atoms with Crippen LogP contribution >= 0.6 is 11.6 Å². The zero-order chi connectivity index (χ0) is 9.23. The maximum Gasteiger partial charge on any atom is 0.330 e. The standard InChI is InChI=1S/C9H11ClO2/c1-2-12-9(11)7-5-3-4-6-8-10/h3-8H,2H2,1H3/b4-3+,7-5+,8-6+. The Hall–Kier alpha value is -1.02. The van der Waals surface area contributed by atoms with Crippen LogP contribution < -0.4 is 0 Å². The van der Waals surface area contributed by atoms with E-state index in [1.807, 2.05) is 0 Å². The average molecular weight is 187 g/mol. The van der Waals surface area contributed by atoms with Gasteiger partial charge < -0.3 is 4.74 Å². The molecule has 3 heteroatoms. The van der Waals surface area contributed by atoms with E-state index in [4.69, 9.17) is 11.6 Å². The molecule has 0 amide bonds. The quantitative estimate of drug-likeness (QED) is 0.383. The van der Waals surface area contributed by atoms with Gasteiger partial charge in [-0.2, -0.15) is 0 Å². The third kappa shape index (κ3) is 7.09. The van der Waals surface area contributed by atoms with Gasteiger partial charge in [-0.3, -0.25) is 0 Å². The van der Waals surface area contributed by atoms with Gasteiger partial charge in [-0.25, -0.2) is 4.79 Å². The average Bonchev–Trinajstić information content (AvgIpc) is 2.05. The molecule has 0 aliphatic rings. The van der Waals surface area contributed by atoms with Crippen molar-refractivity contribution in [3.63, 3.8) is 0 Å². The minimum atomic E-state index is -0.336. The summed E-state index contributed by atoms with van der Waals surface area (Å²) in [5.74, 6) is -0.336. The van der Waals surface area contributed by atoms with Gasteiger partial charge in [0.1, 0.15) is 0 Å². The molecule has 0 aromatic heterocycles. The molecule has 0 atom stereocenters. The minimum Gasteiger partial charge on any atom is -0.463 e. The lowest BCUT2D eigenvalue weighted by Gasteiger charge is -1.92. The lowest BCUT2D eigenvalue weighted by Crippen LogP contribution is -1.98. The topological polar surface area (TPSA) is 26.3 Å². The van der Waals surface area contributed by atoms with Crippen LogP contribution in [0.4, 0.5) is 0 Å². The third-order valence-corrected chi connectivity index (χ3v) is 1.07. The van der Waals surface area contributed by atoms with E-state index in [-0.39, 0.29) is 5.97 Å². The summed E-state index contributed by atoms with van der Waals surface area (Å²) >= 11 is 5.25. The first-order valence-corrected chi connectivity index (χ1v) is 4.01. The molecule has 0 spiro atoms. The number of rotatable bonds is 4. The number of hydrogen-bond donors (Lipinski definition) is 0. The van der Waals surface area contributed by atoms with Gasteiger partial charge in [0.25, 0.3) is 0 Å². The summed E-state index contributed by atoms with van der Waals surface area (Å²) in [6.45, 7) is 2.16. The van der Waals surface area contributed by atoms with Crippen LogP contribution in [0, 0.1) is 0 Å². The van der Waals surface area contributed by atoms with Gasteiger partial charge in [0.05, 0.1) is 6.61 Å². The second-order valence-electron chi connectivity index (χ2n) is 1.81. The highest BCUT2D eigenvalue weighted by Gasteiger charge is 1.89. The largest absolute Gasteiger partial charge is 0.463 e. The first-order chi connectivity index (χ1) is 5.81. The SMILES string of the molecule is CCOC(=O)/C=C/C=C/C=C/Cl. The molecule has 0 N–H and O–H groups in total. The molecule has 0 heterocycles.